The van der Waals surface area contributed by atoms with Gasteiger partial charge >= 0.3 is 0 Å². The lowest BCUT2D eigenvalue weighted by Crippen LogP contribution is -2.35. The van der Waals surface area contributed by atoms with Gasteiger partial charge in [-0.3, -0.25) is 0 Å². The molecular formula is C21H26ClN3. The van der Waals surface area contributed by atoms with Crippen LogP contribution in [0.25, 0.3) is 10.9 Å². The van der Waals surface area contributed by atoms with Gasteiger partial charge in [-0.2, -0.15) is 0 Å². The van der Waals surface area contributed by atoms with E-state index >= 15 is 0 Å². The van der Waals surface area contributed by atoms with Crippen LogP contribution in [0.1, 0.15) is 35.6 Å². The van der Waals surface area contributed by atoms with E-state index in [2.05, 4.69) is 66.8 Å². The zero-order valence-corrected chi connectivity index (χ0v) is 16.0. The second-order valence-electron chi connectivity index (χ2n) is 7.00. The van der Waals surface area contributed by atoms with E-state index in [4.69, 9.17) is 4.98 Å². The zero-order valence-electron chi connectivity index (χ0n) is 15.2. The van der Waals surface area contributed by atoms with Crippen LogP contribution in [0.4, 0.5) is 5.82 Å². The van der Waals surface area contributed by atoms with Crippen molar-refractivity contribution < 1.29 is 0 Å². The van der Waals surface area contributed by atoms with E-state index in [1.165, 1.54) is 40.6 Å². The summed E-state index contributed by atoms with van der Waals surface area (Å²) in [6, 6.07) is 13.1. The Morgan fingerprint density at radius 1 is 1.08 bits per heavy atom. The average molecular weight is 356 g/mol. The third-order valence-corrected chi connectivity index (χ3v) is 5.68. The van der Waals surface area contributed by atoms with Crippen LogP contribution < -0.4 is 4.90 Å². The molecule has 1 fully saturated rings. The van der Waals surface area contributed by atoms with Crippen LogP contribution >= 0.6 is 12.4 Å². The van der Waals surface area contributed by atoms with Crippen molar-refractivity contribution in [1.82, 2.24) is 9.55 Å². The number of hydrogen-bond acceptors (Lipinski definition) is 2. The molecule has 0 radical (unpaired) electrons. The second-order valence-corrected chi connectivity index (χ2v) is 7.00. The zero-order chi connectivity index (χ0) is 16.7. The van der Waals surface area contributed by atoms with Crippen molar-refractivity contribution in [2.24, 2.45) is 7.05 Å². The van der Waals surface area contributed by atoms with Gasteiger partial charge in [0.15, 0.2) is 5.82 Å². The molecule has 0 spiro atoms. The Morgan fingerprint density at radius 2 is 1.84 bits per heavy atom. The largest absolute Gasteiger partial charge is 0.354 e. The maximum atomic E-state index is 4.78. The van der Waals surface area contributed by atoms with Crippen LogP contribution in [0, 0.1) is 13.8 Å². The van der Waals surface area contributed by atoms with Gasteiger partial charge in [0.2, 0.25) is 0 Å². The molecule has 3 heterocycles. The Hall–Kier alpha value is -2.00. The molecule has 4 rings (SSSR count). The van der Waals surface area contributed by atoms with Crippen molar-refractivity contribution in [2.45, 2.75) is 32.6 Å². The lowest BCUT2D eigenvalue weighted by Gasteiger charge is -2.34. The first-order valence-electron chi connectivity index (χ1n) is 8.87. The predicted octanol–water partition coefficient (Wildman–Crippen LogP) is 5.00. The molecule has 25 heavy (non-hydrogen) atoms. The summed E-state index contributed by atoms with van der Waals surface area (Å²) in [6.07, 6.45) is 4.46. The summed E-state index contributed by atoms with van der Waals surface area (Å²) < 4.78 is 2.30. The van der Waals surface area contributed by atoms with Crippen molar-refractivity contribution in [1.29, 1.82) is 0 Å². The van der Waals surface area contributed by atoms with Crippen LogP contribution in [0.2, 0.25) is 0 Å². The van der Waals surface area contributed by atoms with Gasteiger partial charge in [-0.15, -0.1) is 12.4 Å². The van der Waals surface area contributed by atoms with Crippen molar-refractivity contribution in [3.63, 3.8) is 0 Å². The fourth-order valence-corrected chi connectivity index (χ4v) is 4.09. The molecule has 1 aliphatic rings. The van der Waals surface area contributed by atoms with Gasteiger partial charge in [-0.25, -0.2) is 4.98 Å². The first-order valence-corrected chi connectivity index (χ1v) is 8.87. The molecular weight excluding hydrogens is 330 g/mol. The number of rotatable bonds is 2. The molecule has 1 saturated heterocycles. The minimum atomic E-state index is 0. The fraction of sp³-hybridized carbons (Fsp3) is 0.381. The number of pyridine rings is 1. The van der Waals surface area contributed by atoms with E-state index in [9.17, 15) is 0 Å². The molecule has 0 N–H and O–H groups in total. The number of halogens is 1. The first kappa shape index (κ1) is 17.8. The summed E-state index contributed by atoms with van der Waals surface area (Å²) in [7, 11) is 2.16. The summed E-state index contributed by atoms with van der Waals surface area (Å²) in [5, 5.41) is 1.34. The Morgan fingerprint density at radius 3 is 2.60 bits per heavy atom. The fourth-order valence-electron chi connectivity index (χ4n) is 4.09. The molecule has 1 aromatic carbocycles. The molecule has 0 amide bonds. The normalized spacial score (nSPS) is 17.6. The lowest BCUT2D eigenvalue weighted by molar-refractivity contribution is 0.508. The van der Waals surface area contributed by atoms with Gasteiger partial charge in [0.05, 0.1) is 5.52 Å². The van der Waals surface area contributed by atoms with Crippen LogP contribution in [0.15, 0.2) is 42.6 Å². The summed E-state index contributed by atoms with van der Waals surface area (Å²) >= 11 is 0. The molecule has 0 aliphatic carbocycles. The number of anilines is 1. The molecule has 3 aromatic rings. The van der Waals surface area contributed by atoms with Gasteiger partial charge in [0.25, 0.3) is 0 Å². The molecule has 2 aromatic heterocycles. The monoisotopic (exact) mass is 355 g/mol. The molecule has 1 aliphatic heterocycles. The maximum absolute atomic E-state index is 4.78. The van der Waals surface area contributed by atoms with Crippen molar-refractivity contribution >= 4 is 29.1 Å². The van der Waals surface area contributed by atoms with Crippen molar-refractivity contribution in [3.05, 3.63) is 59.4 Å². The highest BCUT2D eigenvalue weighted by molar-refractivity contribution is 5.93. The third-order valence-electron chi connectivity index (χ3n) is 5.68. The van der Waals surface area contributed by atoms with Gasteiger partial charge in [-0.05, 0) is 43.9 Å². The molecule has 4 heteroatoms. The van der Waals surface area contributed by atoms with E-state index in [-0.39, 0.29) is 12.4 Å². The summed E-state index contributed by atoms with van der Waals surface area (Å²) in [4.78, 5) is 7.27. The highest BCUT2D eigenvalue weighted by Crippen LogP contribution is 2.34. The lowest BCUT2D eigenvalue weighted by atomic mass is 9.90. The number of aromatic nitrogens is 2. The summed E-state index contributed by atoms with van der Waals surface area (Å²) in [5.74, 6) is 1.74. The number of nitrogens with zero attached hydrogens (tertiary/aromatic N) is 3. The molecule has 1 atom stereocenters. The van der Waals surface area contributed by atoms with E-state index < -0.39 is 0 Å². The predicted molar refractivity (Wildman–Crippen MR) is 108 cm³/mol. The topological polar surface area (TPSA) is 21.1 Å². The molecule has 3 nitrogen and oxygen atoms in total. The van der Waals surface area contributed by atoms with E-state index in [0.717, 1.165) is 18.9 Å². The van der Waals surface area contributed by atoms with Gasteiger partial charge in [0.1, 0.15) is 0 Å². The third kappa shape index (κ3) is 3.02. The minimum absolute atomic E-state index is 0. The highest BCUT2D eigenvalue weighted by atomic mass is 35.5. The minimum Gasteiger partial charge on any atom is -0.354 e. The van der Waals surface area contributed by atoms with E-state index in [0.29, 0.717) is 5.92 Å². The first-order chi connectivity index (χ1) is 11.7. The molecule has 132 valence electrons. The van der Waals surface area contributed by atoms with E-state index in [1.807, 2.05) is 6.20 Å². The van der Waals surface area contributed by atoms with Crippen LogP contribution in [0.3, 0.4) is 0 Å². The quantitative estimate of drug-likeness (QED) is 0.645. The molecule has 0 bridgehead atoms. The number of aryl methyl sites for hydroxylation is 2. The Balaban J connectivity index is 0.00000182. The Kier molecular flexibility index (Phi) is 5.05. The number of benzene rings is 1. The number of fused-ring (bicyclic) bond motifs is 1. The van der Waals surface area contributed by atoms with Crippen molar-refractivity contribution in [2.75, 3.05) is 18.0 Å². The van der Waals surface area contributed by atoms with Gasteiger partial charge in [0, 0.05) is 43.3 Å². The van der Waals surface area contributed by atoms with Crippen LogP contribution in [-0.2, 0) is 7.05 Å². The van der Waals surface area contributed by atoms with Crippen LogP contribution in [-0.4, -0.2) is 22.6 Å². The average Bonchev–Trinajstić information content (AvgIpc) is 2.87. The Labute approximate surface area is 156 Å². The highest BCUT2D eigenvalue weighted by Gasteiger charge is 2.25. The number of hydrogen-bond donors (Lipinski definition) is 0. The number of piperidine rings is 1. The summed E-state index contributed by atoms with van der Waals surface area (Å²) in [5.41, 5.74) is 5.43. The summed E-state index contributed by atoms with van der Waals surface area (Å²) in [6.45, 7) is 6.56. The molecule has 1 unspecified atom stereocenters. The second kappa shape index (κ2) is 7.09. The standard InChI is InChI=1S/C21H25N3.ClH/c1-15-16(2)23(3)20-19(15)11-12-22-21(20)24-13-7-10-18(14-24)17-8-5-4-6-9-17;/h4-6,8-9,11-12,18H,7,10,13-14H2,1-3H3;1H. The van der Waals surface area contributed by atoms with E-state index in [1.54, 1.807) is 0 Å². The van der Waals surface area contributed by atoms with Crippen molar-refractivity contribution in [3.8, 4) is 0 Å². The Bertz CT molecular complexity index is 870. The van der Waals surface area contributed by atoms with Crippen LogP contribution in [0.5, 0.6) is 0 Å². The smallest absolute Gasteiger partial charge is 0.153 e. The maximum Gasteiger partial charge on any atom is 0.153 e. The SMILES string of the molecule is Cc1c(C)n(C)c2c(N3CCCC(c4ccccc4)C3)nccc12.Cl. The van der Waals surface area contributed by atoms with Gasteiger partial charge < -0.3 is 9.47 Å². The molecule has 0 saturated carbocycles. The van der Waals surface area contributed by atoms with Gasteiger partial charge in [-0.1, -0.05) is 30.3 Å².